The van der Waals surface area contributed by atoms with Crippen LogP contribution in [0.4, 0.5) is 17.1 Å². The van der Waals surface area contributed by atoms with E-state index in [1.165, 1.54) is 30.0 Å². The number of non-ortho nitro benzene ring substituents is 1. The van der Waals surface area contributed by atoms with E-state index in [2.05, 4.69) is 21.2 Å². The minimum Gasteiger partial charge on any atom is -0.506 e. The molecule has 0 aromatic heterocycles. The third-order valence-corrected chi connectivity index (χ3v) is 9.50. The van der Waals surface area contributed by atoms with Gasteiger partial charge in [0.2, 0.25) is 0 Å². The fourth-order valence-corrected chi connectivity index (χ4v) is 7.70. The second kappa shape index (κ2) is 9.33. The number of anilines is 1. The predicted molar refractivity (Wildman–Crippen MR) is 138 cm³/mol. The number of halogens is 2. The van der Waals surface area contributed by atoms with Gasteiger partial charge in [0.1, 0.15) is 5.75 Å². The normalized spacial score (nSPS) is 24.8. The second-order valence-corrected chi connectivity index (χ2v) is 11.2. The van der Waals surface area contributed by atoms with Gasteiger partial charge in [-0.25, -0.2) is 0 Å². The van der Waals surface area contributed by atoms with E-state index in [0.717, 1.165) is 15.6 Å². The summed E-state index contributed by atoms with van der Waals surface area (Å²) in [5.41, 5.74) is 2.33. The number of hydrogen-bond donors (Lipinski definition) is 2. The maximum absolute atomic E-state index is 11.6. The molecule has 3 aromatic rings. The van der Waals surface area contributed by atoms with Crippen molar-refractivity contribution in [1.29, 1.82) is 0 Å². The smallest absolute Gasteiger partial charge is 0.282 e. The van der Waals surface area contributed by atoms with E-state index >= 15 is 0 Å². The highest BCUT2D eigenvalue weighted by atomic mass is 79.9. The molecule has 8 nitrogen and oxygen atoms in total. The number of thioether (sulfide) groups is 1. The zero-order valence-corrected chi connectivity index (χ0v) is 21.2. The molecule has 180 valence electrons. The number of nitro groups is 2. The zero-order chi connectivity index (χ0) is 24.9. The van der Waals surface area contributed by atoms with E-state index in [0.29, 0.717) is 17.0 Å². The summed E-state index contributed by atoms with van der Waals surface area (Å²) < 4.78 is 0.817. The molecule has 35 heavy (non-hydrogen) atoms. The van der Waals surface area contributed by atoms with Gasteiger partial charge in [0, 0.05) is 33.8 Å². The lowest BCUT2D eigenvalue weighted by molar-refractivity contribution is -0.387. The van der Waals surface area contributed by atoms with Gasteiger partial charge in [-0.15, -0.1) is 23.4 Å². The van der Waals surface area contributed by atoms with Gasteiger partial charge < -0.3 is 10.4 Å². The van der Waals surface area contributed by atoms with Crippen LogP contribution < -0.4 is 5.32 Å². The topological polar surface area (TPSA) is 119 Å². The zero-order valence-electron chi connectivity index (χ0n) is 18.0. The Balaban J connectivity index is 1.56. The maximum Gasteiger partial charge on any atom is 0.282 e. The SMILES string of the molecule is O=[N+]([O-])c1ccc(C2Nc3c(O)ccc(Br)c3C3C(Cl)C(Sc4ccccc4[N+](=O)[O-])CC23)cc1. The van der Waals surface area contributed by atoms with Crippen molar-refractivity contribution >= 4 is 56.4 Å². The summed E-state index contributed by atoms with van der Waals surface area (Å²) in [4.78, 5) is 22.4. The first-order valence-corrected chi connectivity index (χ1v) is 12.9. The molecule has 5 rings (SSSR count). The average Bonchev–Trinajstić information content (AvgIpc) is 3.17. The molecule has 0 radical (unpaired) electrons. The first kappa shape index (κ1) is 23.9. The molecule has 2 N–H and O–H groups in total. The quantitative estimate of drug-likeness (QED) is 0.145. The van der Waals surface area contributed by atoms with Crippen molar-refractivity contribution in [3.63, 3.8) is 0 Å². The van der Waals surface area contributed by atoms with E-state index in [-0.39, 0.29) is 45.6 Å². The average molecular weight is 577 g/mol. The number of aromatic hydroxyl groups is 1. The van der Waals surface area contributed by atoms with Crippen molar-refractivity contribution in [2.75, 3.05) is 5.32 Å². The Hall–Kier alpha value is -2.82. The number of nitro benzene ring substituents is 2. The molecule has 3 aromatic carbocycles. The summed E-state index contributed by atoms with van der Waals surface area (Å²) >= 11 is 12.1. The Morgan fingerprint density at radius 1 is 1.03 bits per heavy atom. The van der Waals surface area contributed by atoms with Crippen molar-refractivity contribution in [2.45, 2.75) is 33.9 Å². The molecule has 1 fully saturated rings. The van der Waals surface area contributed by atoms with Crippen LogP contribution in [0.25, 0.3) is 0 Å². The number of nitrogens with zero attached hydrogens (tertiary/aromatic N) is 2. The van der Waals surface area contributed by atoms with Crippen LogP contribution in [0.1, 0.15) is 29.5 Å². The van der Waals surface area contributed by atoms with Crippen molar-refractivity contribution in [2.24, 2.45) is 5.92 Å². The molecule has 0 bridgehead atoms. The number of benzene rings is 3. The standard InChI is InChI=1S/C24H19BrClN3O5S/c25-15-9-10-17(30)24-21(15)20-14(23(27-24)12-5-7-13(8-6-12)28(31)32)11-19(22(20)26)35-18-4-2-1-3-16(18)29(33)34/h1-10,14,19-20,22-23,27,30H,11H2. The number of phenols is 1. The van der Waals surface area contributed by atoms with Gasteiger partial charge in [-0.3, -0.25) is 20.2 Å². The highest BCUT2D eigenvalue weighted by molar-refractivity contribution is 9.10. The van der Waals surface area contributed by atoms with E-state index in [1.54, 1.807) is 42.5 Å². The summed E-state index contributed by atoms with van der Waals surface area (Å²) in [5, 5.41) is 36.3. The first-order valence-electron chi connectivity index (χ1n) is 10.8. The van der Waals surface area contributed by atoms with Crippen molar-refractivity contribution < 1.29 is 15.0 Å². The Kier molecular flexibility index (Phi) is 6.37. The molecule has 1 saturated carbocycles. The van der Waals surface area contributed by atoms with Gasteiger partial charge in [0.25, 0.3) is 11.4 Å². The molecular formula is C24H19BrClN3O5S. The number of alkyl halides is 1. The van der Waals surface area contributed by atoms with Crippen LogP contribution in [0.15, 0.2) is 70.0 Å². The van der Waals surface area contributed by atoms with Gasteiger partial charge in [-0.1, -0.05) is 40.2 Å². The summed E-state index contributed by atoms with van der Waals surface area (Å²) in [5.74, 6) is -0.0769. The molecule has 0 saturated heterocycles. The fraction of sp³-hybridized carbons (Fsp3) is 0.250. The minimum absolute atomic E-state index is 0.00133. The van der Waals surface area contributed by atoms with Crippen LogP contribution in [-0.2, 0) is 0 Å². The largest absolute Gasteiger partial charge is 0.506 e. The summed E-state index contributed by atoms with van der Waals surface area (Å²) in [6, 6.07) is 16.1. The Labute approximate surface area is 218 Å². The van der Waals surface area contributed by atoms with E-state index in [1.807, 2.05) is 0 Å². The van der Waals surface area contributed by atoms with Crippen molar-refractivity contribution in [3.8, 4) is 5.75 Å². The van der Waals surface area contributed by atoms with Crippen LogP contribution >= 0.6 is 39.3 Å². The molecular weight excluding hydrogens is 558 g/mol. The number of rotatable bonds is 5. The Morgan fingerprint density at radius 3 is 2.43 bits per heavy atom. The van der Waals surface area contributed by atoms with Gasteiger partial charge >= 0.3 is 0 Å². The number of nitrogens with one attached hydrogen (secondary N) is 1. The lowest BCUT2D eigenvalue weighted by atomic mass is 9.77. The van der Waals surface area contributed by atoms with Gasteiger partial charge in [0.05, 0.1) is 31.8 Å². The minimum atomic E-state index is -0.442. The highest BCUT2D eigenvalue weighted by Gasteiger charge is 2.51. The highest BCUT2D eigenvalue weighted by Crippen LogP contribution is 2.60. The summed E-state index contributed by atoms with van der Waals surface area (Å²) in [6.07, 6.45) is 0.658. The van der Waals surface area contributed by atoms with Gasteiger partial charge in [-0.05, 0) is 41.7 Å². The molecule has 2 aliphatic rings. The lowest BCUT2D eigenvalue weighted by Gasteiger charge is -2.39. The van der Waals surface area contributed by atoms with Crippen LogP contribution in [0, 0.1) is 26.1 Å². The molecule has 1 heterocycles. The summed E-state index contributed by atoms with van der Waals surface area (Å²) in [6.45, 7) is 0. The molecule has 1 aliphatic carbocycles. The summed E-state index contributed by atoms with van der Waals surface area (Å²) in [7, 11) is 0. The molecule has 1 aliphatic heterocycles. The van der Waals surface area contributed by atoms with E-state index < -0.39 is 9.85 Å². The van der Waals surface area contributed by atoms with Crippen molar-refractivity contribution in [3.05, 3.63) is 96.5 Å². The predicted octanol–water partition coefficient (Wildman–Crippen LogP) is 7.01. The molecule has 11 heteroatoms. The molecule has 0 amide bonds. The molecule has 5 atom stereocenters. The molecule has 5 unspecified atom stereocenters. The van der Waals surface area contributed by atoms with Crippen LogP contribution in [0.5, 0.6) is 5.75 Å². The third kappa shape index (κ3) is 4.23. The van der Waals surface area contributed by atoms with Crippen molar-refractivity contribution in [1.82, 2.24) is 0 Å². The van der Waals surface area contributed by atoms with Crippen LogP contribution in [0.2, 0.25) is 0 Å². The Morgan fingerprint density at radius 2 is 1.74 bits per heavy atom. The van der Waals surface area contributed by atoms with Crippen LogP contribution in [-0.4, -0.2) is 25.6 Å². The number of fused-ring (bicyclic) bond motifs is 3. The lowest BCUT2D eigenvalue weighted by Crippen LogP contribution is -2.31. The number of para-hydroxylation sites is 1. The van der Waals surface area contributed by atoms with E-state index in [4.69, 9.17) is 11.6 Å². The van der Waals surface area contributed by atoms with E-state index in [9.17, 15) is 25.3 Å². The van der Waals surface area contributed by atoms with Gasteiger partial charge in [-0.2, -0.15) is 0 Å². The van der Waals surface area contributed by atoms with Gasteiger partial charge in [0.15, 0.2) is 0 Å². The maximum atomic E-state index is 11.6. The number of phenolic OH excluding ortho intramolecular Hbond substituents is 1. The monoisotopic (exact) mass is 575 g/mol. The number of hydrogen-bond acceptors (Lipinski definition) is 7. The first-order chi connectivity index (χ1) is 16.8. The Bertz CT molecular complexity index is 1330. The third-order valence-electron chi connectivity index (χ3n) is 6.70. The van der Waals surface area contributed by atoms with Crippen LogP contribution in [0.3, 0.4) is 0 Å². The molecule has 0 spiro atoms. The second-order valence-electron chi connectivity index (χ2n) is 8.58. The fourth-order valence-electron chi connectivity index (χ4n) is 5.17.